The summed E-state index contributed by atoms with van der Waals surface area (Å²) in [6.45, 7) is 7.73. The van der Waals surface area contributed by atoms with Gasteiger partial charge in [-0.2, -0.15) is 0 Å². The third-order valence-corrected chi connectivity index (χ3v) is 4.41. The normalized spacial score (nSPS) is 18.3. The second kappa shape index (κ2) is 10.1. The lowest BCUT2D eigenvalue weighted by molar-refractivity contribution is 0.0613. The Balaban J connectivity index is 0.00000242. The zero-order valence-corrected chi connectivity index (χ0v) is 14.6. The molecule has 1 aliphatic heterocycles. The van der Waals surface area contributed by atoms with Crippen molar-refractivity contribution in [2.75, 3.05) is 26.2 Å². The van der Waals surface area contributed by atoms with Crippen molar-refractivity contribution in [1.29, 1.82) is 0 Å². The van der Waals surface area contributed by atoms with Gasteiger partial charge in [0, 0.05) is 6.54 Å². The molecule has 3 nitrogen and oxygen atoms in total. The Hall–Kier alpha value is -0.770. The molecular weight excluding hydrogens is 298 g/mol. The number of hydrogen-bond acceptors (Lipinski definition) is 3. The molecule has 0 aromatic heterocycles. The number of rotatable bonds is 7. The molecule has 0 amide bonds. The molecule has 1 aliphatic rings. The third-order valence-electron chi connectivity index (χ3n) is 4.41. The van der Waals surface area contributed by atoms with Crippen molar-refractivity contribution >= 4 is 12.4 Å². The molecule has 4 heteroatoms. The van der Waals surface area contributed by atoms with Crippen LogP contribution in [-0.4, -0.2) is 42.4 Å². The van der Waals surface area contributed by atoms with Crippen LogP contribution in [0.4, 0.5) is 0 Å². The van der Waals surface area contributed by atoms with Gasteiger partial charge in [0.1, 0.15) is 18.5 Å². The van der Waals surface area contributed by atoms with Crippen molar-refractivity contribution in [3.05, 3.63) is 29.8 Å². The van der Waals surface area contributed by atoms with Crippen LogP contribution < -0.4 is 4.74 Å². The minimum atomic E-state index is -0.409. The Kier molecular flexibility index (Phi) is 8.84. The van der Waals surface area contributed by atoms with Crippen LogP contribution in [0.1, 0.15) is 51.0 Å². The molecule has 1 saturated heterocycles. The van der Waals surface area contributed by atoms with Crippen LogP contribution >= 0.6 is 12.4 Å². The van der Waals surface area contributed by atoms with E-state index < -0.39 is 6.10 Å². The number of ether oxygens (including phenoxy) is 1. The molecule has 22 heavy (non-hydrogen) atoms. The van der Waals surface area contributed by atoms with Crippen molar-refractivity contribution in [2.45, 2.75) is 51.6 Å². The number of hydrogen-bond donors (Lipinski definition) is 1. The predicted octanol–water partition coefficient (Wildman–Crippen LogP) is 3.85. The average Bonchev–Trinajstić information content (AvgIpc) is 2.53. The first-order valence-corrected chi connectivity index (χ1v) is 8.32. The van der Waals surface area contributed by atoms with E-state index in [1.54, 1.807) is 0 Å². The molecule has 2 unspecified atom stereocenters. The van der Waals surface area contributed by atoms with Gasteiger partial charge in [-0.3, -0.25) is 0 Å². The van der Waals surface area contributed by atoms with Gasteiger partial charge >= 0.3 is 0 Å². The summed E-state index contributed by atoms with van der Waals surface area (Å²) in [7, 11) is 0. The lowest BCUT2D eigenvalue weighted by Gasteiger charge is -2.28. The maximum absolute atomic E-state index is 10.2. The van der Waals surface area contributed by atoms with E-state index in [2.05, 4.69) is 30.9 Å². The van der Waals surface area contributed by atoms with Gasteiger partial charge in [0.05, 0.1) is 0 Å². The van der Waals surface area contributed by atoms with E-state index in [1.165, 1.54) is 24.8 Å². The van der Waals surface area contributed by atoms with Crippen LogP contribution in [-0.2, 0) is 0 Å². The molecule has 1 aromatic carbocycles. The molecule has 126 valence electrons. The fourth-order valence-electron chi connectivity index (χ4n) is 2.92. The quantitative estimate of drug-likeness (QED) is 0.825. The highest BCUT2D eigenvalue weighted by molar-refractivity contribution is 5.85. The van der Waals surface area contributed by atoms with Gasteiger partial charge in [-0.15, -0.1) is 12.4 Å². The summed E-state index contributed by atoms with van der Waals surface area (Å²) in [5, 5.41) is 10.2. The summed E-state index contributed by atoms with van der Waals surface area (Å²) in [6.07, 6.45) is 4.52. The van der Waals surface area contributed by atoms with Crippen molar-refractivity contribution < 1.29 is 9.84 Å². The van der Waals surface area contributed by atoms with Gasteiger partial charge in [-0.25, -0.2) is 0 Å². The van der Waals surface area contributed by atoms with Crippen molar-refractivity contribution in [3.8, 4) is 5.75 Å². The summed E-state index contributed by atoms with van der Waals surface area (Å²) in [4.78, 5) is 2.35. The fraction of sp³-hybridized carbons (Fsp3) is 0.667. The molecule has 0 saturated carbocycles. The number of aliphatic hydroxyl groups is 1. The lowest BCUT2D eigenvalue weighted by Crippen LogP contribution is -2.38. The Morgan fingerprint density at radius 2 is 1.86 bits per heavy atom. The number of para-hydroxylation sites is 1. The monoisotopic (exact) mass is 327 g/mol. The summed E-state index contributed by atoms with van der Waals surface area (Å²) in [6, 6.07) is 8.19. The number of piperidine rings is 1. The van der Waals surface area contributed by atoms with E-state index in [0.29, 0.717) is 12.5 Å². The fourth-order valence-corrected chi connectivity index (χ4v) is 2.92. The van der Waals surface area contributed by atoms with Crippen LogP contribution in [0.3, 0.4) is 0 Å². The molecule has 0 spiro atoms. The minimum Gasteiger partial charge on any atom is -0.491 e. The zero-order chi connectivity index (χ0) is 15.1. The Morgan fingerprint density at radius 1 is 1.18 bits per heavy atom. The van der Waals surface area contributed by atoms with Gasteiger partial charge in [-0.1, -0.05) is 38.5 Å². The van der Waals surface area contributed by atoms with E-state index in [0.717, 1.165) is 31.8 Å². The van der Waals surface area contributed by atoms with Gasteiger partial charge in [0.15, 0.2) is 0 Å². The van der Waals surface area contributed by atoms with Gasteiger partial charge in [0.25, 0.3) is 0 Å². The second-order valence-corrected chi connectivity index (χ2v) is 6.17. The molecule has 1 heterocycles. The number of likely N-dealkylation sites (tertiary alicyclic amines) is 1. The van der Waals surface area contributed by atoms with Gasteiger partial charge in [-0.05, 0) is 49.9 Å². The highest BCUT2D eigenvalue weighted by atomic mass is 35.5. The zero-order valence-electron chi connectivity index (χ0n) is 13.8. The largest absolute Gasteiger partial charge is 0.491 e. The highest BCUT2D eigenvalue weighted by Gasteiger charge is 2.16. The van der Waals surface area contributed by atoms with Crippen molar-refractivity contribution in [2.24, 2.45) is 0 Å². The first-order chi connectivity index (χ1) is 10.2. The molecule has 1 aromatic rings. The smallest absolute Gasteiger partial charge is 0.122 e. The molecule has 2 rings (SSSR count). The topological polar surface area (TPSA) is 32.7 Å². The van der Waals surface area contributed by atoms with Crippen LogP contribution in [0.5, 0.6) is 5.75 Å². The van der Waals surface area contributed by atoms with Gasteiger partial charge < -0.3 is 14.7 Å². The summed E-state index contributed by atoms with van der Waals surface area (Å²) < 4.78 is 5.89. The van der Waals surface area contributed by atoms with Crippen molar-refractivity contribution in [1.82, 2.24) is 4.90 Å². The van der Waals surface area contributed by atoms with E-state index >= 15 is 0 Å². The third kappa shape index (κ3) is 5.79. The van der Waals surface area contributed by atoms with E-state index in [-0.39, 0.29) is 12.4 Å². The number of benzene rings is 1. The van der Waals surface area contributed by atoms with Crippen molar-refractivity contribution in [3.63, 3.8) is 0 Å². The van der Waals surface area contributed by atoms with Crippen LogP contribution in [0.15, 0.2) is 24.3 Å². The minimum absolute atomic E-state index is 0. The molecule has 0 aliphatic carbocycles. The molecule has 2 atom stereocenters. The summed E-state index contributed by atoms with van der Waals surface area (Å²) in [5.74, 6) is 1.41. The summed E-state index contributed by atoms with van der Waals surface area (Å²) in [5.41, 5.74) is 1.24. The first-order valence-electron chi connectivity index (χ1n) is 8.32. The Morgan fingerprint density at radius 3 is 2.55 bits per heavy atom. The van der Waals surface area contributed by atoms with Crippen LogP contribution in [0.25, 0.3) is 0 Å². The SMILES string of the molecule is CCC(C)c1ccccc1OCC(O)CN1CCCCC1.Cl. The maximum atomic E-state index is 10.2. The number of aliphatic hydroxyl groups excluding tert-OH is 1. The first kappa shape index (κ1) is 19.3. The Bertz CT molecular complexity index is 421. The van der Waals surface area contributed by atoms with Crippen LogP contribution in [0, 0.1) is 0 Å². The average molecular weight is 328 g/mol. The molecule has 0 bridgehead atoms. The number of nitrogens with zero attached hydrogens (tertiary/aromatic N) is 1. The standard InChI is InChI=1S/C18H29NO2.ClH/c1-3-15(2)17-9-5-6-10-18(17)21-14-16(20)13-19-11-7-4-8-12-19;/h5-6,9-10,15-16,20H,3-4,7-8,11-14H2,1-2H3;1H. The van der Waals surface area contributed by atoms with E-state index in [1.807, 2.05) is 12.1 Å². The molecule has 1 fully saturated rings. The van der Waals surface area contributed by atoms with E-state index in [4.69, 9.17) is 4.74 Å². The van der Waals surface area contributed by atoms with Crippen LogP contribution in [0.2, 0.25) is 0 Å². The van der Waals surface area contributed by atoms with E-state index in [9.17, 15) is 5.11 Å². The highest BCUT2D eigenvalue weighted by Crippen LogP contribution is 2.28. The second-order valence-electron chi connectivity index (χ2n) is 6.17. The van der Waals surface area contributed by atoms with Gasteiger partial charge in [0.2, 0.25) is 0 Å². The molecular formula is C18H30ClNO2. The molecule has 1 N–H and O–H groups in total. The predicted molar refractivity (Wildman–Crippen MR) is 94.2 cm³/mol. The lowest BCUT2D eigenvalue weighted by atomic mass is 9.98. The number of halogens is 1. The summed E-state index contributed by atoms with van der Waals surface area (Å²) >= 11 is 0. The maximum Gasteiger partial charge on any atom is 0.122 e. The molecule has 0 radical (unpaired) electrons. The number of β-amino-alcohol motifs (C(OH)–C–C–N with tert-alkyl or cyclic N) is 1. The Labute approximate surface area is 141 Å².